The van der Waals surface area contributed by atoms with Crippen molar-refractivity contribution in [2.45, 2.75) is 36.8 Å². The lowest BCUT2D eigenvalue weighted by atomic mass is 9.77. The third-order valence-electron chi connectivity index (χ3n) is 5.80. The average Bonchev–Trinajstić information content (AvgIpc) is 2.99. The molecule has 1 aromatic carbocycles. The summed E-state index contributed by atoms with van der Waals surface area (Å²) < 4.78 is 33.4. The number of rotatable bonds is 4. The van der Waals surface area contributed by atoms with Gasteiger partial charge < -0.3 is 9.64 Å². The van der Waals surface area contributed by atoms with Crippen LogP contribution in [0.3, 0.4) is 0 Å². The minimum absolute atomic E-state index is 0.160. The van der Waals surface area contributed by atoms with Crippen LogP contribution in [0.15, 0.2) is 23.1 Å². The second kappa shape index (κ2) is 7.16. The molecule has 1 aliphatic heterocycles. The maximum absolute atomic E-state index is 13.0. The molecule has 0 spiro atoms. The van der Waals surface area contributed by atoms with Crippen molar-refractivity contribution in [3.8, 4) is 0 Å². The molecule has 0 aromatic heterocycles. The molecule has 3 rings (SSSR count). The van der Waals surface area contributed by atoms with Crippen LogP contribution < -0.4 is 0 Å². The fourth-order valence-corrected chi connectivity index (χ4v) is 6.05. The maximum Gasteiger partial charge on any atom is 0.243 e. The van der Waals surface area contributed by atoms with E-state index in [-0.39, 0.29) is 11.0 Å². The van der Waals surface area contributed by atoms with Crippen LogP contribution in [0.5, 0.6) is 0 Å². The maximum atomic E-state index is 13.0. The Labute approximate surface area is 155 Å². The highest BCUT2D eigenvalue weighted by molar-refractivity contribution is 7.89. The van der Waals surface area contributed by atoms with Gasteiger partial charge in [-0.05, 0) is 63.4 Å². The minimum Gasteiger partial charge on any atom is -0.380 e. The van der Waals surface area contributed by atoms with Crippen molar-refractivity contribution in [1.82, 2.24) is 9.21 Å². The van der Waals surface area contributed by atoms with Crippen molar-refractivity contribution >= 4 is 21.6 Å². The molecule has 1 aliphatic carbocycles. The summed E-state index contributed by atoms with van der Waals surface area (Å²) in [4.78, 5) is 2.48. The highest BCUT2D eigenvalue weighted by Crippen LogP contribution is 2.40. The predicted octanol–water partition coefficient (Wildman–Crippen LogP) is 2.62. The van der Waals surface area contributed by atoms with Gasteiger partial charge in [0.2, 0.25) is 10.0 Å². The summed E-state index contributed by atoms with van der Waals surface area (Å²) in [5.41, 5.74) is 0.882. The van der Waals surface area contributed by atoms with Gasteiger partial charge in [0, 0.05) is 31.3 Å². The van der Waals surface area contributed by atoms with Crippen LogP contribution in [0.1, 0.15) is 18.4 Å². The summed E-state index contributed by atoms with van der Waals surface area (Å²) in [6, 6.07) is 5.32. The van der Waals surface area contributed by atoms with Gasteiger partial charge in [-0.25, -0.2) is 8.42 Å². The topological polar surface area (TPSA) is 49.9 Å². The van der Waals surface area contributed by atoms with Crippen molar-refractivity contribution in [3.63, 3.8) is 0 Å². The van der Waals surface area contributed by atoms with Crippen LogP contribution in [0.4, 0.5) is 0 Å². The molecule has 25 heavy (non-hydrogen) atoms. The highest BCUT2D eigenvalue weighted by Gasteiger charge is 2.46. The average molecular weight is 387 g/mol. The molecule has 2 aliphatic rings. The number of likely N-dealkylation sites (N-methyl/N-ethyl adjacent to an activating group) is 1. The van der Waals surface area contributed by atoms with Crippen LogP contribution in [0, 0.1) is 18.8 Å². The third-order valence-corrected chi connectivity index (χ3v) is 8.03. The largest absolute Gasteiger partial charge is 0.380 e. The van der Waals surface area contributed by atoms with E-state index in [1.54, 1.807) is 29.6 Å². The van der Waals surface area contributed by atoms with Gasteiger partial charge in [0.25, 0.3) is 0 Å². The third kappa shape index (κ3) is 3.60. The van der Waals surface area contributed by atoms with Gasteiger partial charge in [-0.3, -0.25) is 0 Å². The van der Waals surface area contributed by atoms with E-state index >= 15 is 0 Å². The first kappa shape index (κ1) is 19.1. The van der Waals surface area contributed by atoms with E-state index in [0.717, 1.165) is 18.4 Å². The number of hydrogen-bond acceptors (Lipinski definition) is 4. The quantitative estimate of drug-likeness (QED) is 0.798. The molecular weight excluding hydrogens is 360 g/mol. The molecule has 1 aromatic rings. The summed E-state index contributed by atoms with van der Waals surface area (Å²) in [5.74, 6) is 0.742. The number of nitrogens with zero attached hydrogens (tertiary/aromatic N) is 2. The normalized spacial score (nSPS) is 30.6. The van der Waals surface area contributed by atoms with Crippen LogP contribution in [0.25, 0.3) is 0 Å². The first-order chi connectivity index (χ1) is 11.7. The number of methoxy groups -OCH3 is 1. The second-order valence-electron chi connectivity index (χ2n) is 7.53. The number of aryl methyl sites for hydroxylation is 1. The van der Waals surface area contributed by atoms with Gasteiger partial charge in [0.1, 0.15) is 0 Å². The van der Waals surface area contributed by atoms with E-state index in [0.29, 0.717) is 36.0 Å². The van der Waals surface area contributed by atoms with Gasteiger partial charge >= 0.3 is 0 Å². The Bertz CT molecular complexity index is 738. The van der Waals surface area contributed by atoms with E-state index in [1.807, 2.05) is 6.92 Å². The van der Waals surface area contributed by atoms with E-state index in [2.05, 4.69) is 19.0 Å². The highest BCUT2D eigenvalue weighted by atomic mass is 35.5. The van der Waals surface area contributed by atoms with E-state index in [9.17, 15) is 8.42 Å². The van der Waals surface area contributed by atoms with Gasteiger partial charge in [-0.2, -0.15) is 4.31 Å². The molecule has 0 bridgehead atoms. The number of fused-ring (bicyclic) bond motifs is 1. The number of benzene rings is 1. The van der Waals surface area contributed by atoms with Crippen molar-refractivity contribution in [3.05, 3.63) is 28.8 Å². The number of ether oxygens (including phenoxy) is 1. The fourth-order valence-electron chi connectivity index (χ4n) is 4.22. The molecule has 1 saturated heterocycles. The van der Waals surface area contributed by atoms with E-state index < -0.39 is 10.0 Å². The molecule has 0 radical (unpaired) electrons. The lowest BCUT2D eigenvalue weighted by molar-refractivity contribution is -0.0209. The molecule has 0 amide bonds. The molecule has 0 unspecified atom stereocenters. The zero-order valence-electron chi connectivity index (χ0n) is 15.3. The first-order valence-corrected chi connectivity index (χ1v) is 10.5. The van der Waals surface area contributed by atoms with Crippen LogP contribution in [0.2, 0.25) is 5.02 Å². The Hall–Kier alpha value is -0.660. The Morgan fingerprint density at radius 1 is 1.20 bits per heavy atom. The summed E-state index contributed by atoms with van der Waals surface area (Å²) >= 11 is 6.14. The Balaban J connectivity index is 1.81. The summed E-state index contributed by atoms with van der Waals surface area (Å²) in [5, 5.41) is 0.491. The monoisotopic (exact) mass is 386 g/mol. The number of sulfonamides is 1. The summed E-state index contributed by atoms with van der Waals surface area (Å²) in [6.07, 6.45) is 2.04. The van der Waals surface area contributed by atoms with Gasteiger partial charge in [-0.15, -0.1) is 0 Å². The lowest BCUT2D eigenvalue weighted by Crippen LogP contribution is -2.47. The molecule has 140 valence electrons. The van der Waals surface area contributed by atoms with Crippen LogP contribution in [-0.2, 0) is 14.8 Å². The van der Waals surface area contributed by atoms with Crippen molar-refractivity contribution in [2.24, 2.45) is 11.8 Å². The zero-order valence-corrected chi connectivity index (χ0v) is 16.8. The Morgan fingerprint density at radius 2 is 1.84 bits per heavy atom. The number of halogens is 1. The van der Waals surface area contributed by atoms with Crippen LogP contribution in [-0.4, -0.2) is 64.1 Å². The number of hydrogen-bond donors (Lipinski definition) is 0. The molecule has 1 saturated carbocycles. The SMILES string of the molecule is CO[C@@H]1C[C@H]2CN(S(=O)(=O)c3ccc(C)c(Cl)c3)C[C@H]2C[C@H]1N(C)C. The fraction of sp³-hybridized carbons (Fsp3) is 0.667. The standard InChI is InChI=1S/C18H27ClN2O3S/c1-12-5-6-15(9-16(12)19)25(22,23)21-10-13-7-17(20(2)3)18(24-4)8-14(13)11-21/h5-6,9,13-14,17-18H,7-8,10-11H2,1-4H3/t13-,14+,17-,18-/m1/s1. The molecule has 0 N–H and O–H groups in total. The minimum atomic E-state index is -3.50. The van der Waals surface area contributed by atoms with Crippen molar-refractivity contribution < 1.29 is 13.2 Å². The smallest absolute Gasteiger partial charge is 0.243 e. The predicted molar refractivity (Wildman–Crippen MR) is 99.4 cm³/mol. The van der Waals surface area contributed by atoms with E-state index in [1.165, 1.54) is 0 Å². The van der Waals surface area contributed by atoms with Gasteiger partial charge in [0.05, 0.1) is 11.0 Å². The van der Waals surface area contributed by atoms with Gasteiger partial charge in [0.15, 0.2) is 0 Å². The first-order valence-electron chi connectivity index (χ1n) is 8.69. The Morgan fingerprint density at radius 3 is 2.40 bits per heavy atom. The summed E-state index contributed by atoms with van der Waals surface area (Å²) in [7, 11) is 2.37. The zero-order chi connectivity index (χ0) is 18.4. The molecule has 5 nitrogen and oxygen atoms in total. The van der Waals surface area contributed by atoms with Gasteiger partial charge in [-0.1, -0.05) is 17.7 Å². The van der Waals surface area contributed by atoms with Crippen molar-refractivity contribution in [2.75, 3.05) is 34.3 Å². The molecular formula is C18H27ClN2O3S. The van der Waals surface area contributed by atoms with Crippen LogP contribution >= 0.6 is 11.6 Å². The molecule has 7 heteroatoms. The summed E-state index contributed by atoms with van der Waals surface area (Å²) in [6.45, 7) is 3.02. The lowest BCUT2D eigenvalue weighted by Gasteiger charge is -2.40. The van der Waals surface area contributed by atoms with E-state index in [4.69, 9.17) is 16.3 Å². The second-order valence-corrected chi connectivity index (χ2v) is 9.87. The van der Waals surface area contributed by atoms with Crippen molar-refractivity contribution in [1.29, 1.82) is 0 Å². The molecule has 4 atom stereocenters. The molecule has 2 fully saturated rings. The Kier molecular flexibility index (Phi) is 5.47. The molecule has 1 heterocycles.